The third-order valence-corrected chi connectivity index (χ3v) is 4.01. The molecule has 3 rings (SSSR count). The predicted molar refractivity (Wildman–Crippen MR) is 86.8 cm³/mol. The van der Waals surface area contributed by atoms with Crippen LogP contribution in [0, 0.1) is 0 Å². The van der Waals surface area contributed by atoms with Crippen LogP contribution in [0.25, 0.3) is 0 Å². The number of para-hydroxylation sites is 2. The van der Waals surface area contributed by atoms with E-state index in [0.717, 1.165) is 11.4 Å². The molecule has 4 nitrogen and oxygen atoms in total. The summed E-state index contributed by atoms with van der Waals surface area (Å²) in [5.74, 6) is -0.0492. The van der Waals surface area contributed by atoms with Gasteiger partial charge in [0, 0.05) is 24.8 Å². The summed E-state index contributed by atoms with van der Waals surface area (Å²) in [5.41, 5.74) is 1.62. The number of anilines is 2. The van der Waals surface area contributed by atoms with E-state index in [4.69, 9.17) is 0 Å². The quantitative estimate of drug-likeness (QED) is 0.873. The summed E-state index contributed by atoms with van der Waals surface area (Å²) in [4.78, 5) is 28.3. The number of hydrogen-bond acceptors (Lipinski definition) is 2. The molecule has 1 aliphatic rings. The average molecular weight is 294 g/mol. The highest BCUT2D eigenvalue weighted by Crippen LogP contribution is 2.28. The fourth-order valence-electron chi connectivity index (χ4n) is 2.83. The lowest BCUT2D eigenvalue weighted by Crippen LogP contribution is -2.45. The van der Waals surface area contributed by atoms with Crippen molar-refractivity contribution in [3.05, 3.63) is 60.7 Å². The Morgan fingerprint density at radius 2 is 1.64 bits per heavy atom. The third kappa shape index (κ3) is 2.60. The molecule has 0 radical (unpaired) electrons. The largest absolute Gasteiger partial charge is 0.314 e. The Hall–Kier alpha value is -2.62. The van der Waals surface area contributed by atoms with Crippen LogP contribution in [0.2, 0.25) is 0 Å². The molecule has 0 N–H and O–H groups in total. The first kappa shape index (κ1) is 14.3. The van der Waals surface area contributed by atoms with E-state index in [-0.39, 0.29) is 11.8 Å². The zero-order chi connectivity index (χ0) is 15.5. The van der Waals surface area contributed by atoms with Gasteiger partial charge < -0.3 is 4.90 Å². The monoisotopic (exact) mass is 294 g/mol. The molecule has 1 aliphatic heterocycles. The number of likely N-dealkylation sites (N-methyl/N-ethyl adjacent to an activating group) is 1. The molecular weight excluding hydrogens is 276 g/mol. The molecule has 2 aromatic rings. The van der Waals surface area contributed by atoms with Crippen molar-refractivity contribution in [3.63, 3.8) is 0 Å². The fourth-order valence-corrected chi connectivity index (χ4v) is 2.83. The van der Waals surface area contributed by atoms with Crippen molar-refractivity contribution in [2.45, 2.75) is 18.9 Å². The Kier molecular flexibility index (Phi) is 3.92. The van der Waals surface area contributed by atoms with Crippen LogP contribution >= 0.6 is 0 Å². The molecule has 1 heterocycles. The highest BCUT2D eigenvalue weighted by atomic mass is 16.2. The van der Waals surface area contributed by atoms with Crippen molar-refractivity contribution in [3.8, 4) is 0 Å². The van der Waals surface area contributed by atoms with Crippen LogP contribution in [0.4, 0.5) is 11.4 Å². The Morgan fingerprint density at radius 3 is 2.27 bits per heavy atom. The van der Waals surface area contributed by atoms with Crippen LogP contribution in [-0.4, -0.2) is 24.9 Å². The first-order valence-electron chi connectivity index (χ1n) is 7.38. The van der Waals surface area contributed by atoms with E-state index in [1.807, 2.05) is 60.7 Å². The topological polar surface area (TPSA) is 40.6 Å². The van der Waals surface area contributed by atoms with Crippen molar-refractivity contribution in [2.24, 2.45) is 0 Å². The standard InChI is InChI=1S/C18H18N2O2/c1-19(14-8-4-2-5-9-14)18(22)16-12-13-17(21)20(16)15-10-6-3-7-11-15/h2-11,16H,12-13H2,1H3. The third-order valence-electron chi connectivity index (χ3n) is 4.01. The first-order chi connectivity index (χ1) is 10.7. The molecule has 0 aliphatic carbocycles. The van der Waals surface area contributed by atoms with Gasteiger partial charge in [0.2, 0.25) is 11.8 Å². The molecule has 0 bridgehead atoms. The minimum Gasteiger partial charge on any atom is -0.314 e. The summed E-state index contributed by atoms with van der Waals surface area (Å²) in [7, 11) is 1.75. The van der Waals surface area contributed by atoms with Gasteiger partial charge in [-0.05, 0) is 30.7 Å². The van der Waals surface area contributed by atoms with E-state index < -0.39 is 6.04 Å². The van der Waals surface area contributed by atoms with Gasteiger partial charge in [0.05, 0.1) is 0 Å². The Labute approximate surface area is 130 Å². The van der Waals surface area contributed by atoms with Crippen LogP contribution in [-0.2, 0) is 9.59 Å². The molecule has 2 amide bonds. The maximum absolute atomic E-state index is 12.8. The molecule has 0 spiro atoms. The van der Waals surface area contributed by atoms with Gasteiger partial charge in [-0.3, -0.25) is 14.5 Å². The fraction of sp³-hybridized carbons (Fsp3) is 0.222. The first-order valence-corrected chi connectivity index (χ1v) is 7.38. The van der Waals surface area contributed by atoms with Gasteiger partial charge in [-0.1, -0.05) is 36.4 Å². The summed E-state index contributed by atoms with van der Waals surface area (Å²) in [6.45, 7) is 0. The molecule has 2 aromatic carbocycles. The number of carbonyl (C=O) groups is 2. The van der Waals surface area contributed by atoms with E-state index in [1.54, 1.807) is 16.8 Å². The Bertz CT molecular complexity index is 670. The zero-order valence-corrected chi connectivity index (χ0v) is 12.5. The highest BCUT2D eigenvalue weighted by molar-refractivity contribution is 6.08. The number of nitrogens with zero attached hydrogens (tertiary/aromatic N) is 2. The van der Waals surface area contributed by atoms with E-state index in [9.17, 15) is 9.59 Å². The van der Waals surface area contributed by atoms with Gasteiger partial charge >= 0.3 is 0 Å². The highest BCUT2D eigenvalue weighted by Gasteiger charge is 2.38. The number of hydrogen-bond donors (Lipinski definition) is 0. The number of rotatable bonds is 3. The van der Waals surface area contributed by atoms with E-state index in [1.165, 1.54) is 0 Å². The van der Waals surface area contributed by atoms with Crippen LogP contribution in [0.1, 0.15) is 12.8 Å². The molecule has 0 aromatic heterocycles. The summed E-state index contributed by atoms with van der Waals surface area (Å²) >= 11 is 0. The van der Waals surface area contributed by atoms with E-state index in [0.29, 0.717) is 12.8 Å². The minimum absolute atomic E-state index is 0.00557. The Morgan fingerprint density at radius 1 is 1.05 bits per heavy atom. The van der Waals surface area contributed by atoms with Crippen molar-refractivity contribution in [1.82, 2.24) is 0 Å². The molecular formula is C18H18N2O2. The lowest BCUT2D eigenvalue weighted by Gasteiger charge is -2.28. The lowest BCUT2D eigenvalue weighted by atomic mass is 10.1. The molecule has 1 unspecified atom stereocenters. The van der Waals surface area contributed by atoms with E-state index >= 15 is 0 Å². The van der Waals surface area contributed by atoms with Crippen molar-refractivity contribution < 1.29 is 9.59 Å². The van der Waals surface area contributed by atoms with Gasteiger partial charge in [0.1, 0.15) is 6.04 Å². The smallest absolute Gasteiger partial charge is 0.249 e. The van der Waals surface area contributed by atoms with Crippen LogP contribution in [0.15, 0.2) is 60.7 Å². The van der Waals surface area contributed by atoms with Gasteiger partial charge in [0.25, 0.3) is 0 Å². The number of benzene rings is 2. The number of carbonyl (C=O) groups excluding carboxylic acids is 2. The SMILES string of the molecule is CN(C(=O)C1CCC(=O)N1c1ccccc1)c1ccccc1. The van der Waals surface area contributed by atoms with Gasteiger partial charge in [-0.15, -0.1) is 0 Å². The van der Waals surface area contributed by atoms with Crippen LogP contribution in [0.3, 0.4) is 0 Å². The van der Waals surface area contributed by atoms with Crippen molar-refractivity contribution in [1.29, 1.82) is 0 Å². The molecule has 1 saturated heterocycles. The van der Waals surface area contributed by atoms with Crippen molar-refractivity contribution >= 4 is 23.2 Å². The lowest BCUT2D eigenvalue weighted by molar-refractivity contribution is -0.121. The second kappa shape index (κ2) is 6.02. The summed E-state index contributed by atoms with van der Waals surface area (Å²) in [5, 5.41) is 0. The summed E-state index contributed by atoms with van der Waals surface area (Å²) in [6.07, 6.45) is 0.970. The van der Waals surface area contributed by atoms with Gasteiger partial charge in [0.15, 0.2) is 0 Å². The molecule has 112 valence electrons. The van der Waals surface area contributed by atoms with Crippen LogP contribution < -0.4 is 9.80 Å². The normalized spacial score (nSPS) is 17.6. The average Bonchev–Trinajstić information content (AvgIpc) is 2.96. The Balaban J connectivity index is 1.87. The predicted octanol–water partition coefficient (Wildman–Crippen LogP) is 2.85. The van der Waals surface area contributed by atoms with Gasteiger partial charge in [-0.25, -0.2) is 0 Å². The van der Waals surface area contributed by atoms with Crippen molar-refractivity contribution in [2.75, 3.05) is 16.8 Å². The van der Waals surface area contributed by atoms with E-state index in [2.05, 4.69) is 0 Å². The molecule has 22 heavy (non-hydrogen) atoms. The molecule has 1 fully saturated rings. The second-order valence-electron chi connectivity index (χ2n) is 5.39. The molecule has 1 atom stereocenters. The molecule has 4 heteroatoms. The maximum Gasteiger partial charge on any atom is 0.249 e. The van der Waals surface area contributed by atoms with Crippen LogP contribution in [0.5, 0.6) is 0 Å². The molecule has 0 saturated carbocycles. The summed E-state index contributed by atoms with van der Waals surface area (Å²) < 4.78 is 0. The minimum atomic E-state index is -0.430. The zero-order valence-electron chi connectivity index (χ0n) is 12.5. The maximum atomic E-state index is 12.8. The summed E-state index contributed by atoms with van der Waals surface area (Å²) in [6, 6.07) is 18.4. The van der Waals surface area contributed by atoms with Gasteiger partial charge in [-0.2, -0.15) is 0 Å². The number of amides is 2. The second-order valence-corrected chi connectivity index (χ2v) is 5.39.